The lowest BCUT2D eigenvalue weighted by atomic mass is 9.84. The van der Waals surface area contributed by atoms with E-state index in [2.05, 4.69) is 0 Å². The number of ketones is 1. The molecule has 0 atom stereocenters. The van der Waals surface area contributed by atoms with Gasteiger partial charge in [-0.25, -0.2) is 12.4 Å². The van der Waals surface area contributed by atoms with Crippen LogP contribution >= 0.6 is 0 Å². The summed E-state index contributed by atoms with van der Waals surface area (Å²) < 4.78 is 26.4. The molecule has 0 saturated heterocycles. The molecule has 2 aromatic rings. The normalized spacial score (nSPS) is 16.4. The first-order valence-corrected chi connectivity index (χ1v) is 9.47. The Morgan fingerprint density at radius 1 is 1.04 bits per heavy atom. The van der Waals surface area contributed by atoms with Crippen molar-refractivity contribution in [3.63, 3.8) is 0 Å². The van der Waals surface area contributed by atoms with Gasteiger partial charge in [0.1, 0.15) is 0 Å². The highest BCUT2D eigenvalue weighted by Crippen LogP contribution is 2.27. The molecule has 0 spiro atoms. The van der Waals surface area contributed by atoms with Gasteiger partial charge in [-0.2, -0.15) is 0 Å². The lowest BCUT2D eigenvalue weighted by Crippen LogP contribution is -2.17. The third-order valence-corrected chi connectivity index (χ3v) is 6.17. The van der Waals surface area contributed by atoms with Crippen LogP contribution in [0.15, 0.2) is 47.6 Å². The monoisotopic (exact) mass is 331 g/mol. The van der Waals surface area contributed by atoms with E-state index in [1.54, 1.807) is 30.3 Å². The fourth-order valence-corrected chi connectivity index (χ4v) is 4.30. The highest BCUT2D eigenvalue weighted by Gasteiger charge is 2.24. The SMILES string of the molecule is Cc1ccc(S(=O)(=O)n2ccc(C(=O)C3CCCCC3)c2)cc1. The zero-order chi connectivity index (χ0) is 16.4. The van der Waals surface area contributed by atoms with Crippen LogP contribution in [0.1, 0.15) is 48.0 Å². The minimum atomic E-state index is -3.63. The number of Topliss-reactive ketones (excluding diaryl/α,β-unsaturated/α-hetero) is 1. The Morgan fingerprint density at radius 3 is 2.35 bits per heavy atom. The van der Waals surface area contributed by atoms with Gasteiger partial charge in [0.2, 0.25) is 0 Å². The number of hydrogen-bond donors (Lipinski definition) is 0. The molecule has 1 aliphatic carbocycles. The molecule has 4 nitrogen and oxygen atoms in total. The molecule has 3 rings (SSSR count). The molecule has 0 unspecified atom stereocenters. The molecule has 0 N–H and O–H groups in total. The Labute approximate surface area is 137 Å². The Kier molecular flexibility index (Phi) is 4.39. The van der Waals surface area contributed by atoms with E-state index in [1.165, 1.54) is 18.8 Å². The van der Waals surface area contributed by atoms with E-state index >= 15 is 0 Å². The van der Waals surface area contributed by atoms with Crippen LogP contribution in [0, 0.1) is 12.8 Å². The first kappa shape index (κ1) is 16.0. The highest BCUT2D eigenvalue weighted by atomic mass is 32.2. The molecule has 1 aliphatic rings. The van der Waals surface area contributed by atoms with Crippen LogP contribution in [-0.2, 0) is 10.0 Å². The second-order valence-electron chi connectivity index (χ2n) is 6.25. The largest absolute Gasteiger partial charge is 0.294 e. The van der Waals surface area contributed by atoms with Crippen LogP contribution in [0.25, 0.3) is 0 Å². The first-order valence-electron chi connectivity index (χ1n) is 8.03. The maximum absolute atomic E-state index is 12.6. The Morgan fingerprint density at radius 2 is 1.70 bits per heavy atom. The van der Waals surface area contributed by atoms with Gasteiger partial charge >= 0.3 is 0 Å². The highest BCUT2D eigenvalue weighted by molar-refractivity contribution is 7.90. The molecule has 1 heterocycles. The maximum atomic E-state index is 12.6. The standard InChI is InChI=1S/C18H21NO3S/c1-14-7-9-17(10-8-14)23(21,22)19-12-11-16(13-19)18(20)15-5-3-2-4-6-15/h7-13,15H,2-6H2,1H3. The van der Waals surface area contributed by atoms with Gasteiger partial charge in [0, 0.05) is 23.9 Å². The zero-order valence-electron chi connectivity index (χ0n) is 13.2. The molecular weight excluding hydrogens is 310 g/mol. The van der Waals surface area contributed by atoms with Crippen molar-refractivity contribution in [2.75, 3.05) is 0 Å². The number of nitrogens with zero attached hydrogens (tertiary/aromatic N) is 1. The van der Waals surface area contributed by atoms with Gasteiger partial charge in [-0.15, -0.1) is 0 Å². The van der Waals surface area contributed by atoms with E-state index in [9.17, 15) is 13.2 Å². The molecule has 5 heteroatoms. The van der Waals surface area contributed by atoms with Crippen molar-refractivity contribution in [1.82, 2.24) is 3.97 Å². The Hall–Kier alpha value is -1.88. The first-order chi connectivity index (χ1) is 11.0. The number of hydrogen-bond acceptors (Lipinski definition) is 3. The summed E-state index contributed by atoms with van der Waals surface area (Å²) in [5.74, 6) is 0.115. The molecule has 0 aliphatic heterocycles. The number of aromatic nitrogens is 1. The van der Waals surface area contributed by atoms with Gasteiger partial charge in [-0.3, -0.25) is 4.79 Å². The number of aryl methyl sites for hydroxylation is 1. The third-order valence-electron chi connectivity index (χ3n) is 4.52. The van der Waals surface area contributed by atoms with Gasteiger partial charge in [0.05, 0.1) is 4.90 Å². The number of rotatable bonds is 4. The van der Waals surface area contributed by atoms with E-state index < -0.39 is 10.0 Å². The molecule has 1 aromatic heterocycles. The zero-order valence-corrected chi connectivity index (χ0v) is 14.1. The lowest BCUT2D eigenvalue weighted by molar-refractivity contribution is 0.0889. The summed E-state index contributed by atoms with van der Waals surface area (Å²) in [6.07, 6.45) is 8.09. The molecule has 23 heavy (non-hydrogen) atoms. The predicted octanol–water partition coefficient (Wildman–Crippen LogP) is 3.80. The fraction of sp³-hybridized carbons (Fsp3) is 0.389. The second kappa shape index (κ2) is 6.32. The van der Waals surface area contributed by atoms with Crippen LogP contribution in [0.4, 0.5) is 0 Å². The van der Waals surface area contributed by atoms with Crippen molar-refractivity contribution in [2.45, 2.75) is 43.9 Å². The van der Waals surface area contributed by atoms with Gasteiger partial charge in [-0.1, -0.05) is 37.0 Å². The predicted molar refractivity (Wildman–Crippen MR) is 89.1 cm³/mol. The molecular formula is C18H21NO3S. The van der Waals surface area contributed by atoms with E-state index in [1.807, 2.05) is 6.92 Å². The molecule has 0 radical (unpaired) electrons. The minimum absolute atomic E-state index is 0.0432. The second-order valence-corrected chi connectivity index (χ2v) is 8.09. The minimum Gasteiger partial charge on any atom is -0.294 e. The molecule has 122 valence electrons. The van der Waals surface area contributed by atoms with Crippen LogP contribution in [0.2, 0.25) is 0 Å². The van der Waals surface area contributed by atoms with Crippen LogP contribution in [-0.4, -0.2) is 18.2 Å². The number of carbonyl (C=O) groups excluding carboxylic acids is 1. The van der Waals surface area contributed by atoms with Gasteiger partial charge < -0.3 is 0 Å². The average molecular weight is 331 g/mol. The number of carbonyl (C=O) groups is 1. The molecule has 0 bridgehead atoms. The third kappa shape index (κ3) is 3.24. The van der Waals surface area contributed by atoms with E-state index in [-0.39, 0.29) is 16.6 Å². The summed E-state index contributed by atoms with van der Waals surface area (Å²) >= 11 is 0. The van der Waals surface area contributed by atoms with Crippen LogP contribution < -0.4 is 0 Å². The summed E-state index contributed by atoms with van der Waals surface area (Å²) in [6.45, 7) is 1.91. The summed E-state index contributed by atoms with van der Waals surface area (Å²) in [5, 5.41) is 0. The quantitative estimate of drug-likeness (QED) is 0.801. The maximum Gasteiger partial charge on any atom is 0.267 e. The lowest BCUT2D eigenvalue weighted by Gasteiger charge is -2.19. The van der Waals surface area contributed by atoms with Gasteiger partial charge in [0.15, 0.2) is 5.78 Å². The van der Waals surface area contributed by atoms with Crippen molar-refractivity contribution in [2.24, 2.45) is 5.92 Å². The van der Waals surface area contributed by atoms with E-state index in [0.717, 1.165) is 35.2 Å². The molecule has 1 saturated carbocycles. The average Bonchev–Trinajstić information content (AvgIpc) is 3.06. The number of benzene rings is 1. The fourth-order valence-electron chi connectivity index (χ4n) is 3.10. The van der Waals surface area contributed by atoms with Crippen molar-refractivity contribution in [3.05, 3.63) is 53.9 Å². The van der Waals surface area contributed by atoms with E-state index in [4.69, 9.17) is 0 Å². The summed E-state index contributed by atoms with van der Waals surface area (Å²) in [5.41, 5.74) is 1.50. The van der Waals surface area contributed by atoms with E-state index in [0.29, 0.717) is 5.56 Å². The van der Waals surface area contributed by atoms with Crippen molar-refractivity contribution in [3.8, 4) is 0 Å². The Bertz CT molecular complexity index is 797. The summed E-state index contributed by atoms with van der Waals surface area (Å²) in [7, 11) is -3.63. The van der Waals surface area contributed by atoms with Crippen molar-refractivity contribution >= 4 is 15.8 Å². The van der Waals surface area contributed by atoms with Crippen molar-refractivity contribution < 1.29 is 13.2 Å². The van der Waals surface area contributed by atoms with Gasteiger partial charge in [-0.05, 0) is 38.0 Å². The smallest absolute Gasteiger partial charge is 0.267 e. The molecule has 1 aromatic carbocycles. The molecule has 1 fully saturated rings. The topological polar surface area (TPSA) is 56.1 Å². The Balaban J connectivity index is 1.86. The van der Waals surface area contributed by atoms with Gasteiger partial charge in [0.25, 0.3) is 10.0 Å². The van der Waals surface area contributed by atoms with Crippen molar-refractivity contribution in [1.29, 1.82) is 0 Å². The molecule has 0 amide bonds. The summed E-state index contributed by atoms with van der Waals surface area (Å²) in [6, 6.07) is 8.33. The summed E-state index contributed by atoms with van der Waals surface area (Å²) in [4.78, 5) is 12.7. The van der Waals surface area contributed by atoms with Crippen LogP contribution in [0.3, 0.4) is 0 Å². The van der Waals surface area contributed by atoms with Crippen LogP contribution in [0.5, 0.6) is 0 Å².